The minimum atomic E-state index is -3.19. The fraction of sp³-hybridized carbons (Fsp3) is 0.923. The summed E-state index contributed by atoms with van der Waals surface area (Å²) in [6, 6.07) is 2.78. The highest BCUT2D eigenvalue weighted by Crippen LogP contribution is 2.33. The average Bonchev–Trinajstić information content (AvgIpc) is 2.62. The number of sulfonamides is 1. The molecule has 0 aromatic carbocycles. The van der Waals surface area contributed by atoms with Gasteiger partial charge in [-0.05, 0) is 33.1 Å². The van der Waals surface area contributed by atoms with Crippen molar-refractivity contribution in [2.45, 2.75) is 57.7 Å². The average molecular weight is 285 g/mol. The molecule has 2 unspecified atom stereocenters. The fourth-order valence-electron chi connectivity index (χ4n) is 3.21. The summed E-state index contributed by atoms with van der Waals surface area (Å²) >= 11 is 0. The van der Waals surface area contributed by atoms with Crippen LogP contribution in [0.25, 0.3) is 0 Å². The van der Waals surface area contributed by atoms with E-state index in [0.29, 0.717) is 18.9 Å². The first kappa shape index (κ1) is 14.8. The number of nitriles is 1. The zero-order valence-corrected chi connectivity index (χ0v) is 12.6. The van der Waals surface area contributed by atoms with Crippen LogP contribution in [-0.2, 0) is 10.0 Å². The summed E-state index contributed by atoms with van der Waals surface area (Å²) in [5, 5.41) is 8.52. The Kier molecular flexibility index (Phi) is 4.49. The van der Waals surface area contributed by atoms with Crippen LogP contribution in [-0.4, -0.2) is 54.6 Å². The van der Waals surface area contributed by atoms with Crippen LogP contribution >= 0.6 is 0 Å². The maximum absolute atomic E-state index is 12.4. The van der Waals surface area contributed by atoms with Crippen molar-refractivity contribution < 1.29 is 8.42 Å². The van der Waals surface area contributed by atoms with Crippen molar-refractivity contribution in [1.29, 1.82) is 5.26 Å². The second kappa shape index (κ2) is 5.78. The van der Waals surface area contributed by atoms with E-state index in [1.807, 2.05) is 6.07 Å². The number of rotatable bonds is 5. The van der Waals surface area contributed by atoms with Crippen LogP contribution in [0.4, 0.5) is 0 Å². The summed E-state index contributed by atoms with van der Waals surface area (Å²) in [6.07, 6.45) is 2.72. The van der Waals surface area contributed by atoms with Gasteiger partial charge in [0.05, 0.1) is 11.8 Å². The molecular weight excluding hydrogens is 262 g/mol. The minimum absolute atomic E-state index is 0.120. The molecule has 2 fully saturated rings. The van der Waals surface area contributed by atoms with E-state index in [-0.39, 0.29) is 17.8 Å². The Hall–Kier alpha value is -0.640. The van der Waals surface area contributed by atoms with E-state index in [0.717, 1.165) is 25.9 Å². The molecule has 2 bridgehead atoms. The van der Waals surface area contributed by atoms with E-state index in [1.165, 1.54) is 0 Å². The first-order valence-electron chi connectivity index (χ1n) is 7.08. The number of hydrogen-bond donors (Lipinski definition) is 0. The molecule has 0 amide bonds. The van der Waals surface area contributed by atoms with Gasteiger partial charge < -0.3 is 0 Å². The third-order valence-electron chi connectivity index (χ3n) is 4.19. The molecule has 0 aromatic heterocycles. The van der Waals surface area contributed by atoms with Gasteiger partial charge in [-0.25, -0.2) is 8.42 Å². The van der Waals surface area contributed by atoms with Gasteiger partial charge in [-0.15, -0.1) is 0 Å². The van der Waals surface area contributed by atoms with Crippen LogP contribution in [0.5, 0.6) is 0 Å². The number of piperazine rings is 1. The summed E-state index contributed by atoms with van der Waals surface area (Å²) < 4.78 is 26.5. The molecule has 19 heavy (non-hydrogen) atoms. The Morgan fingerprint density at radius 3 is 2.32 bits per heavy atom. The van der Waals surface area contributed by atoms with Crippen molar-refractivity contribution in [2.75, 3.05) is 18.8 Å². The summed E-state index contributed by atoms with van der Waals surface area (Å²) in [5.41, 5.74) is 0. The molecule has 0 saturated carbocycles. The van der Waals surface area contributed by atoms with Gasteiger partial charge in [-0.3, -0.25) is 4.90 Å². The molecule has 2 aliphatic rings. The van der Waals surface area contributed by atoms with Gasteiger partial charge in [-0.2, -0.15) is 9.57 Å². The van der Waals surface area contributed by atoms with Crippen molar-refractivity contribution in [3.8, 4) is 6.07 Å². The predicted octanol–water partition coefficient (Wildman–Crippen LogP) is 1.18. The zero-order chi connectivity index (χ0) is 14.0. The topological polar surface area (TPSA) is 64.4 Å². The van der Waals surface area contributed by atoms with E-state index in [1.54, 1.807) is 4.31 Å². The lowest BCUT2D eigenvalue weighted by atomic mass is 10.2. The normalized spacial score (nSPS) is 28.7. The number of likely N-dealkylation sites (tertiary alicyclic amines) is 1. The minimum Gasteiger partial charge on any atom is -0.298 e. The number of unbranched alkanes of at least 4 members (excludes halogenated alkanes) is 1. The quantitative estimate of drug-likeness (QED) is 0.711. The van der Waals surface area contributed by atoms with Crippen LogP contribution < -0.4 is 0 Å². The molecule has 0 radical (unpaired) electrons. The van der Waals surface area contributed by atoms with E-state index < -0.39 is 10.0 Å². The van der Waals surface area contributed by atoms with Crippen molar-refractivity contribution >= 4 is 10.0 Å². The third kappa shape index (κ3) is 3.10. The molecular formula is C13H23N3O2S. The molecule has 6 heteroatoms. The second-order valence-electron chi connectivity index (χ2n) is 5.84. The van der Waals surface area contributed by atoms with Crippen LogP contribution in [0, 0.1) is 11.3 Å². The maximum Gasteiger partial charge on any atom is 0.214 e. The third-order valence-corrected chi connectivity index (χ3v) is 6.23. The lowest BCUT2D eigenvalue weighted by Crippen LogP contribution is -2.57. The maximum atomic E-state index is 12.4. The molecule has 2 saturated heterocycles. The summed E-state index contributed by atoms with van der Waals surface area (Å²) in [5.74, 6) is 0.120. The summed E-state index contributed by atoms with van der Waals surface area (Å²) in [7, 11) is -3.19. The highest BCUT2D eigenvalue weighted by atomic mass is 32.2. The van der Waals surface area contributed by atoms with Gasteiger partial charge in [0.25, 0.3) is 0 Å². The molecule has 2 rings (SSSR count). The Bertz CT molecular complexity index is 441. The van der Waals surface area contributed by atoms with Crippen molar-refractivity contribution in [3.05, 3.63) is 0 Å². The Balaban J connectivity index is 2.05. The molecule has 0 aromatic rings. The van der Waals surface area contributed by atoms with Crippen molar-refractivity contribution in [1.82, 2.24) is 9.21 Å². The number of nitrogens with zero attached hydrogens (tertiary/aromatic N) is 3. The highest BCUT2D eigenvalue weighted by Gasteiger charge is 2.46. The van der Waals surface area contributed by atoms with Gasteiger partial charge in [0.1, 0.15) is 0 Å². The van der Waals surface area contributed by atoms with Crippen LogP contribution in [0.15, 0.2) is 0 Å². The lowest BCUT2D eigenvalue weighted by Gasteiger charge is -2.41. The fourth-order valence-corrected chi connectivity index (χ4v) is 5.18. The first-order chi connectivity index (χ1) is 8.95. The summed E-state index contributed by atoms with van der Waals surface area (Å²) in [4.78, 5) is 2.38. The van der Waals surface area contributed by atoms with E-state index in [2.05, 4.69) is 18.7 Å². The van der Waals surface area contributed by atoms with Crippen LogP contribution in [0.1, 0.15) is 39.5 Å². The number of fused-ring (bicyclic) bond motifs is 2. The van der Waals surface area contributed by atoms with Crippen LogP contribution in [0.2, 0.25) is 0 Å². The van der Waals surface area contributed by atoms with E-state index in [4.69, 9.17) is 5.26 Å². The van der Waals surface area contributed by atoms with E-state index >= 15 is 0 Å². The Morgan fingerprint density at radius 2 is 1.84 bits per heavy atom. The molecule has 5 nitrogen and oxygen atoms in total. The van der Waals surface area contributed by atoms with Gasteiger partial charge >= 0.3 is 0 Å². The molecule has 0 spiro atoms. The van der Waals surface area contributed by atoms with Gasteiger partial charge in [0, 0.05) is 37.6 Å². The Morgan fingerprint density at radius 1 is 1.26 bits per heavy atom. The summed E-state index contributed by atoms with van der Waals surface area (Å²) in [6.45, 7) is 6.03. The molecule has 2 atom stereocenters. The zero-order valence-electron chi connectivity index (χ0n) is 11.7. The van der Waals surface area contributed by atoms with E-state index in [9.17, 15) is 8.42 Å². The van der Waals surface area contributed by atoms with Gasteiger partial charge in [-0.1, -0.05) is 0 Å². The second-order valence-corrected chi connectivity index (χ2v) is 7.83. The Labute approximate surface area is 116 Å². The van der Waals surface area contributed by atoms with Crippen LogP contribution in [0.3, 0.4) is 0 Å². The standard InChI is InChI=1S/C13H23N3O2S/c1-11(2)15-9-12-5-6-13(10-15)16(12)19(17,18)8-4-3-7-14/h11-13H,3-6,8-10H2,1-2H3. The monoisotopic (exact) mass is 285 g/mol. The molecule has 108 valence electrons. The number of hydrogen-bond acceptors (Lipinski definition) is 4. The smallest absolute Gasteiger partial charge is 0.214 e. The van der Waals surface area contributed by atoms with Gasteiger partial charge in [0.2, 0.25) is 10.0 Å². The molecule has 0 N–H and O–H groups in total. The van der Waals surface area contributed by atoms with Crippen molar-refractivity contribution in [2.24, 2.45) is 0 Å². The lowest BCUT2D eigenvalue weighted by molar-refractivity contribution is 0.103. The highest BCUT2D eigenvalue weighted by molar-refractivity contribution is 7.89. The largest absolute Gasteiger partial charge is 0.298 e. The molecule has 2 heterocycles. The van der Waals surface area contributed by atoms with Gasteiger partial charge in [0.15, 0.2) is 0 Å². The molecule has 2 aliphatic heterocycles. The SMILES string of the molecule is CC(C)N1CC2CCC(C1)N2S(=O)(=O)CCCC#N. The predicted molar refractivity (Wildman–Crippen MR) is 74.0 cm³/mol. The van der Waals surface area contributed by atoms with Crippen molar-refractivity contribution in [3.63, 3.8) is 0 Å². The first-order valence-corrected chi connectivity index (χ1v) is 8.69. The molecule has 0 aliphatic carbocycles.